The van der Waals surface area contributed by atoms with E-state index in [0.29, 0.717) is 12.1 Å². The van der Waals surface area contributed by atoms with Crippen molar-refractivity contribution in [2.45, 2.75) is 6.04 Å². The third-order valence-corrected chi connectivity index (χ3v) is 2.50. The van der Waals surface area contributed by atoms with E-state index in [9.17, 15) is 9.18 Å². The third kappa shape index (κ3) is 3.97. The molecule has 100 valence electrons. The van der Waals surface area contributed by atoms with Crippen molar-refractivity contribution in [3.63, 3.8) is 0 Å². The fraction of sp³-hybridized carbons (Fsp3) is 0.417. The van der Waals surface area contributed by atoms with Crippen molar-refractivity contribution in [1.82, 2.24) is 10.2 Å². The van der Waals surface area contributed by atoms with E-state index in [1.165, 1.54) is 12.1 Å². The van der Waals surface area contributed by atoms with E-state index in [0.717, 1.165) is 12.6 Å². The van der Waals surface area contributed by atoms with Crippen molar-refractivity contribution in [2.24, 2.45) is 5.73 Å². The molecule has 4 N–H and O–H groups in total. The molecule has 0 saturated carbocycles. The van der Waals surface area contributed by atoms with Crippen LogP contribution >= 0.6 is 0 Å². The van der Waals surface area contributed by atoms with Gasteiger partial charge in [0.25, 0.3) is 0 Å². The number of primary amides is 1. The van der Waals surface area contributed by atoms with E-state index < -0.39 is 23.5 Å². The predicted octanol–water partition coefficient (Wildman–Crippen LogP) is 0.209. The van der Waals surface area contributed by atoms with E-state index in [1.807, 2.05) is 19.0 Å². The van der Waals surface area contributed by atoms with Gasteiger partial charge in [-0.05, 0) is 31.8 Å². The normalized spacial score (nSPS) is 12.7. The topological polar surface area (TPSA) is 78.6 Å². The molecule has 0 fully saturated rings. The molecule has 0 aliphatic carbocycles. The largest absolute Gasteiger partial charge is 0.505 e. The van der Waals surface area contributed by atoms with Gasteiger partial charge in [-0.2, -0.15) is 0 Å². The number of phenolic OH excluding ortho intramolecular Hbond substituents is 1. The van der Waals surface area contributed by atoms with E-state index in [1.54, 1.807) is 0 Å². The molecule has 0 aromatic heterocycles. The monoisotopic (exact) mass is 255 g/mol. The van der Waals surface area contributed by atoms with Crippen molar-refractivity contribution < 1.29 is 14.3 Å². The first-order valence-electron chi connectivity index (χ1n) is 5.57. The van der Waals surface area contributed by atoms with Crippen molar-refractivity contribution in [3.05, 3.63) is 29.6 Å². The van der Waals surface area contributed by atoms with Gasteiger partial charge in [0.05, 0.1) is 0 Å². The molecule has 0 radical (unpaired) electrons. The van der Waals surface area contributed by atoms with Crippen LogP contribution < -0.4 is 11.1 Å². The number of carbonyl (C=O) groups excluding carboxylic acids is 1. The average Bonchev–Trinajstić information content (AvgIpc) is 2.27. The minimum atomic E-state index is -0.770. The average molecular weight is 255 g/mol. The lowest BCUT2D eigenvalue weighted by Gasteiger charge is -2.18. The highest BCUT2D eigenvalue weighted by Crippen LogP contribution is 2.20. The molecule has 1 amide bonds. The van der Waals surface area contributed by atoms with Gasteiger partial charge in [-0.1, -0.05) is 6.07 Å². The Hall–Kier alpha value is -1.66. The SMILES string of the molecule is CN(C)CCNC(C(N)=O)c1ccc(O)c(F)c1. The maximum absolute atomic E-state index is 13.2. The van der Waals surface area contributed by atoms with E-state index in [-0.39, 0.29) is 0 Å². The van der Waals surface area contributed by atoms with Crippen LogP contribution in [-0.2, 0) is 4.79 Å². The summed E-state index contributed by atoms with van der Waals surface area (Å²) in [5, 5.41) is 12.0. The zero-order chi connectivity index (χ0) is 13.7. The van der Waals surface area contributed by atoms with Crippen LogP contribution in [0.2, 0.25) is 0 Å². The fourth-order valence-corrected chi connectivity index (χ4v) is 1.52. The van der Waals surface area contributed by atoms with Crippen LogP contribution in [-0.4, -0.2) is 43.1 Å². The van der Waals surface area contributed by atoms with Crippen LogP contribution in [0.1, 0.15) is 11.6 Å². The second-order valence-electron chi connectivity index (χ2n) is 4.30. The van der Waals surface area contributed by atoms with Gasteiger partial charge < -0.3 is 21.1 Å². The summed E-state index contributed by atoms with van der Waals surface area (Å²) in [6.07, 6.45) is 0. The minimum absolute atomic E-state index is 0.400. The van der Waals surface area contributed by atoms with Crippen molar-refractivity contribution in [3.8, 4) is 5.75 Å². The summed E-state index contributed by atoms with van der Waals surface area (Å²) >= 11 is 0. The predicted molar refractivity (Wildman–Crippen MR) is 66.6 cm³/mol. The van der Waals surface area contributed by atoms with Gasteiger partial charge in [0.1, 0.15) is 6.04 Å². The molecule has 1 aromatic rings. The number of halogens is 1. The smallest absolute Gasteiger partial charge is 0.239 e. The Morgan fingerprint density at radius 1 is 1.56 bits per heavy atom. The number of nitrogens with one attached hydrogen (secondary N) is 1. The second kappa shape index (κ2) is 6.32. The number of phenols is 1. The molecule has 18 heavy (non-hydrogen) atoms. The lowest BCUT2D eigenvalue weighted by atomic mass is 10.1. The highest BCUT2D eigenvalue weighted by atomic mass is 19.1. The summed E-state index contributed by atoms with van der Waals surface area (Å²) in [5.41, 5.74) is 5.67. The number of hydrogen-bond donors (Lipinski definition) is 3. The van der Waals surface area contributed by atoms with Crippen LogP contribution in [0.25, 0.3) is 0 Å². The first kappa shape index (κ1) is 14.4. The van der Waals surface area contributed by atoms with Gasteiger partial charge in [-0.25, -0.2) is 4.39 Å². The quantitative estimate of drug-likeness (QED) is 0.679. The lowest BCUT2D eigenvalue weighted by molar-refractivity contribution is -0.120. The number of likely N-dealkylation sites (N-methyl/N-ethyl adjacent to an activating group) is 1. The van der Waals surface area contributed by atoms with Crippen LogP contribution in [0.5, 0.6) is 5.75 Å². The Morgan fingerprint density at radius 3 is 2.72 bits per heavy atom. The highest BCUT2D eigenvalue weighted by molar-refractivity contribution is 5.81. The molecular weight excluding hydrogens is 237 g/mol. The Morgan fingerprint density at radius 2 is 2.22 bits per heavy atom. The summed E-state index contributed by atoms with van der Waals surface area (Å²) in [4.78, 5) is 13.3. The van der Waals surface area contributed by atoms with E-state index >= 15 is 0 Å². The number of carbonyl (C=O) groups is 1. The number of hydrogen-bond acceptors (Lipinski definition) is 4. The van der Waals surface area contributed by atoms with Gasteiger partial charge in [0.15, 0.2) is 11.6 Å². The van der Waals surface area contributed by atoms with Gasteiger partial charge in [0.2, 0.25) is 5.91 Å². The molecular formula is C12H18FN3O2. The number of rotatable bonds is 6. The molecule has 1 rings (SSSR count). The molecule has 1 unspecified atom stereocenters. The first-order chi connectivity index (χ1) is 8.41. The molecule has 0 bridgehead atoms. The van der Waals surface area contributed by atoms with Crippen LogP contribution in [0.3, 0.4) is 0 Å². The first-order valence-corrected chi connectivity index (χ1v) is 5.57. The van der Waals surface area contributed by atoms with E-state index in [2.05, 4.69) is 5.32 Å². The minimum Gasteiger partial charge on any atom is -0.505 e. The standard InChI is InChI=1S/C12H18FN3O2/c1-16(2)6-5-15-11(12(14)18)8-3-4-10(17)9(13)7-8/h3-4,7,11,15,17H,5-6H2,1-2H3,(H2,14,18). The Bertz CT molecular complexity index is 424. The van der Waals surface area contributed by atoms with Gasteiger partial charge in [-0.3, -0.25) is 4.79 Å². The molecule has 1 aromatic carbocycles. The Balaban J connectivity index is 2.78. The number of amides is 1. The molecule has 6 heteroatoms. The van der Waals surface area contributed by atoms with Gasteiger partial charge >= 0.3 is 0 Å². The summed E-state index contributed by atoms with van der Waals surface area (Å²) in [6, 6.07) is 3.01. The highest BCUT2D eigenvalue weighted by Gasteiger charge is 2.18. The van der Waals surface area contributed by atoms with Crippen molar-refractivity contribution in [2.75, 3.05) is 27.2 Å². The number of benzene rings is 1. The van der Waals surface area contributed by atoms with Crippen molar-refractivity contribution >= 4 is 5.91 Å². The molecule has 0 spiro atoms. The molecule has 0 saturated heterocycles. The summed E-state index contributed by atoms with van der Waals surface area (Å²) in [7, 11) is 3.81. The number of nitrogens with zero attached hydrogens (tertiary/aromatic N) is 1. The number of nitrogens with two attached hydrogens (primary N) is 1. The van der Waals surface area contributed by atoms with Crippen molar-refractivity contribution in [1.29, 1.82) is 0 Å². The lowest BCUT2D eigenvalue weighted by Crippen LogP contribution is -2.37. The molecule has 5 nitrogen and oxygen atoms in total. The summed E-state index contributed by atoms with van der Waals surface area (Å²) < 4.78 is 13.2. The van der Waals surface area contributed by atoms with Crippen LogP contribution in [0.15, 0.2) is 18.2 Å². The maximum Gasteiger partial charge on any atom is 0.239 e. The summed E-state index contributed by atoms with van der Waals surface area (Å²) in [5.74, 6) is -1.80. The third-order valence-electron chi connectivity index (χ3n) is 2.50. The molecule has 0 aliphatic rings. The Kier molecular flexibility index (Phi) is 5.06. The second-order valence-corrected chi connectivity index (χ2v) is 4.30. The molecule has 0 aliphatic heterocycles. The summed E-state index contributed by atoms with van der Waals surface area (Å²) in [6.45, 7) is 1.27. The molecule has 0 heterocycles. The maximum atomic E-state index is 13.2. The number of aromatic hydroxyl groups is 1. The Labute approximate surface area is 105 Å². The van der Waals surface area contributed by atoms with E-state index in [4.69, 9.17) is 10.8 Å². The van der Waals surface area contributed by atoms with Gasteiger partial charge in [0, 0.05) is 13.1 Å². The zero-order valence-corrected chi connectivity index (χ0v) is 10.5. The van der Waals surface area contributed by atoms with Crippen LogP contribution in [0, 0.1) is 5.82 Å². The fourth-order valence-electron chi connectivity index (χ4n) is 1.52. The molecule has 1 atom stereocenters. The van der Waals surface area contributed by atoms with Crippen LogP contribution in [0.4, 0.5) is 4.39 Å². The zero-order valence-electron chi connectivity index (χ0n) is 10.5. The van der Waals surface area contributed by atoms with Gasteiger partial charge in [-0.15, -0.1) is 0 Å².